The molecule has 13 nitrogen and oxygen atoms in total. The zero-order valence-corrected chi connectivity index (χ0v) is 20.4. The van der Waals surface area contributed by atoms with Gasteiger partial charge in [-0.05, 0) is 24.6 Å². The zero-order chi connectivity index (χ0) is 26.4. The van der Waals surface area contributed by atoms with Gasteiger partial charge in [0.25, 0.3) is 5.91 Å². The Kier molecular flexibility index (Phi) is 6.27. The molecule has 0 saturated carbocycles. The average Bonchev–Trinajstić information content (AvgIpc) is 3.26. The van der Waals surface area contributed by atoms with E-state index in [4.69, 9.17) is 4.74 Å². The first-order valence-electron chi connectivity index (χ1n) is 11.6. The van der Waals surface area contributed by atoms with Crippen molar-refractivity contribution in [2.75, 3.05) is 32.0 Å². The minimum atomic E-state index is -1.35. The summed E-state index contributed by atoms with van der Waals surface area (Å²) >= 11 is 1.38. The second-order valence-electron chi connectivity index (χ2n) is 8.74. The van der Waals surface area contributed by atoms with Gasteiger partial charge in [-0.25, -0.2) is 9.59 Å². The van der Waals surface area contributed by atoms with Crippen molar-refractivity contribution in [1.29, 1.82) is 0 Å². The predicted octanol–water partition coefficient (Wildman–Crippen LogP) is -0.956. The van der Waals surface area contributed by atoms with E-state index < -0.39 is 53.1 Å². The van der Waals surface area contributed by atoms with Gasteiger partial charge in [-0.3, -0.25) is 29.0 Å². The van der Waals surface area contributed by atoms with Crippen LogP contribution < -0.4 is 10.6 Å². The van der Waals surface area contributed by atoms with E-state index in [-0.39, 0.29) is 36.7 Å². The van der Waals surface area contributed by atoms with Gasteiger partial charge in [0.2, 0.25) is 5.91 Å². The van der Waals surface area contributed by atoms with Crippen molar-refractivity contribution in [1.82, 2.24) is 25.3 Å². The number of carbonyl (C=O) groups is 6. The van der Waals surface area contributed by atoms with Crippen LogP contribution in [0.5, 0.6) is 5.75 Å². The number of benzene rings is 1. The van der Waals surface area contributed by atoms with Gasteiger partial charge in [0.05, 0.1) is 0 Å². The standard InChI is InChI=1S/C23H23N5O8S/c1-2-26-7-8-27(20(33)19(26)32)23(35)25-14(11-3-5-13(29)6-4-11)17(30)24-15-18(31)28-16-12(9-36-22(16)34)10-37-21(15)28/h3-6,14-15,21,29H,2,7-10H2,1H3,(H,24,30)(H,25,35)/t14-,15-,21-/m1/s1. The molecular weight excluding hydrogens is 506 g/mol. The Morgan fingerprint density at radius 3 is 2.57 bits per heavy atom. The van der Waals surface area contributed by atoms with E-state index >= 15 is 0 Å². The molecule has 194 valence electrons. The Hall–Kier alpha value is -4.07. The van der Waals surface area contributed by atoms with Crippen LogP contribution in [0.1, 0.15) is 18.5 Å². The minimum absolute atomic E-state index is 0.0451. The SMILES string of the molecule is CCN1CCN(C(=O)N[C@@H](C(=O)N[C@@H]2C(=O)N3C4=C(COC4=O)CS[C@H]23)c2ccc(O)cc2)C(=O)C1=O. The molecule has 3 atom stereocenters. The molecule has 4 aliphatic rings. The minimum Gasteiger partial charge on any atom is -0.508 e. The van der Waals surface area contributed by atoms with E-state index in [1.165, 1.54) is 45.8 Å². The summed E-state index contributed by atoms with van der Waals surface area (Å²) in [4.78, 5) is 79.3. The summed E-state index contributed by atoms with van der Waals surface area (Å²) in [7, 11) is 0. The van der Waals surface area contributed by atoms with E-state index in [1.54, 1.807) is 6.92 Å². The molecule has 3 N–H and O–H groups in total. The zero-order valence-electron chi connectivity index (χ0n) is 19.6. The molecule has 0 aliphatic carbocycles. The number of likely N-dealkylation sites (N-methyl/N-ethyl adjacent to an activating group) is 1. The number of fused-ring (bicyclic) bond motifs is 2. The number of rotatable bonds is 5. The number of ether oxygens (including phenoxy) is 1. The summed E-state index contributed by atoms with van der Waals surface area (Å²) in [6.07, 6.45) is 0. The van der Waals surface area contributed by atoms with Crippen LogP contribution in [0.15, 0.2) is 35.5 Å². The third kappa shape index (κ3) is 4.16. The lowest BCUT2D eigenvalue weighted by Gasteiger charge is -2.48. The van der Waals surface area contributed by atoms with Crippen LogP contribution in [0.4, 0.5) is 4.79 Å². The molecule has 4 aliphatic heterocycles. The summed E-state index contributed by atoms with van der Waals surface area (Å²) in [6.45, 7) is 2.29. The van der Waals surface area contributed by atoms with Crippen LogP contribution in [0.2, 0.25) is 0 Å². The number of amides is 6. The number of urea groups is 1. The number of piperazine rings is 1. The number of phenols is 1. The van der Waals surface area contributed by atoms with Crippen molar-refractivity contribution in [2.24, 2.45) is 0 Å². The first-order chi connectivity index (χ1) is 17.7. The molecule has 4 heterocycles. The summed E-state index contributed by atoms with van der Waals surface area (Å²) in [5, 5.41) is 14.2. The quantitative estimate of drug-likeness (QED) is 0.248. The fraction of sp³-hybridized carbons (Fsp3) is 0.391. The first kappa shape index (κ1) is 24.6. The molecular formula is C23H23N5O8S. The van der Waals surface area contributed by atoms with Gasteiger partial charge in [-0.2, -0.15) is 0 Å². The maximum atomic E-state index is 13.4. The van der Waals surface area contributed by atoms with Gasteiger partial charge in [0, 0.05) is 31.0 Å². The van der Waals surface area contributed by atoms with Crippen molar-refractivity contribution in [2.45, 2.75) is 24.4 Å². The van der Waals surface area contributed by atoms with Crippen molar-refractivity contribution >= 4 is 47.4 Å². The monoisotopic (exact) mass is 529 g/mol. The Balaban J connectivity index is 1.33. The molecule has 0 radical (unpaired) electrons. The van der Waals surface area contributed by atoms with Crippen molar-refractivity contribution in [3.8, 4) is 5.75 Å². The number of nitrogens with zero attached hydrogens (tertiary/aromatic N) is 3. The van der Waals surface area contributed by atoms with Crippen LogP contribution in [-0.4, -0.2) is 98.8 Å². The van der Waals surface area contributed by atoms with Crippen molar-refractivity contribution in [3.05, 3.63) is 41.1 Å². The van der Waals surface area contributed by atoms with Gasteiger partial charge in [0.15, 0.2) is 0 Å². The molecule has 6 amide bonds. The van der Waals surface area contributed by atoms with E-state index in [0.29, 0.717) is 12.3 Å². The van der Waals surface area contributed by atoms with Crippen LogP contribution in [0, 0.1) is 0 Å². The van der Waals surface area contributed by atoms with Gasteiger partial charge >= 0.3 is 23.8 Å². The number of imide groups is 1. The highest BCUT2D eigenvalue weighted by Crippen LogP contribution is 2.42. The Morgan fingerprint density at radius 1 is 1.14 bits per heavy atom. The van der Waals surface area contributed by atoms with Gasteiger partial charge in [-0.15, -0.1) is 11.8 Å². The number of β-lactam (4-membered cyclic amide) rings is 1. The number of cyclic esters (lactones) is 1. The highest BCUT2D eigenvalue weighted by Gasteiger charge is 2.56. The average molecular weight is 530 g/mol. The third-order valence-corrected chi connectivity index (χ3v) is 7.95. The number of aromatic hydroxyl groups is 1. The Labute approximate surface area is 214 Å². The second kappa shape index (κ2) is 9.42. The number of hydrogen-bond acceptors (Lipinski definition) is 9. The Morgan fingerprint density at radius 2 is 1.86 bits per heavy atom. The van der Waals surface area contributed by atoms with Gasteiger partial charge in [0.1, 0.15) is 35.5 Å². The maximum Gasteiger partial charge on any atom is 0.355 e. The van der Waals surface area contributed by atoms with Crippen LogP contribution in [-0.2, 0) is 28.7 Å². The van der Waals surface area contributed by atoms with E-state index in [9.17, 15) is 33.9 Å². The van der Waals surface area contributed by atoms with E-state index in [2.05, 4.69) is 10.6 Å². The normalized spacial score (nSPS) is 23.8. The van der Waals surface area contributed by atoms with Crippen molar-refractivity contribution in [3.63, 3.8) is 0 Å². The van der Waals surface area contributed by atoms with Crippen LogP contribution >= 0.6 is 11.8 Å². The fourth-order valence-electron chi connectivity index (χ4n) is 4.58. The first-order valence-corrected chi connectivity index (χ1v) is 12.6. The largest absolute Gasteiger partial charge is 0.508 e. The number of esters is 1. The highest BCUT2D eigenvalue weighted by molar-refractivity contribution is 8.00. The predicted molar refractivity (Wildman–Crippen MR) is 126 cm³/mol. The molecule has 0 unspecified atom stereocenters. The molecule has 0 aromatic heterocycles. The number of phenolic OH excluding ortho intramolecular Hbond substituents is 1. The summed E-state index contributed by atoms with van der Waals surface area (Å²) in [6, 6.07) is 2.23. The number of hydrogen-bond donors (Lipinski definition) is 3. The van der Waals surface area contributed by atoms with Gasteiger partial charge in [-0.1, -0.05) is 12.1 Å². The maximum absolute atomic E-state index is 13.4. The highest BCUT2D eigenvalue weighted by atomic mass is 32.2. The third-order valence-electron chi connectivity index (χ3n) is 6.61. The van der Waals surface area contributed by atoms with Gasteiger partial charge < -0.3 is 25.4 Å². The lowest BCUT2D eigenvalue weighted by Crippen LogP contribution is -2.71. The fourth-order valence-corrected chi connectivity index (χ4v) is 5.91. The lowest BCUT2D eigenvalue weighted by molar-refractivity contribution is -0.153. The molecule has 5 rings (SSSR count). The molecule has 37 heavy (non-hydrogen) atoms. The molecule has 0 bridgehead atoms. The number of carbonyl (C=O) groups excluding carboxylic acids is 6. The molecule has 0 spiro atoms. The smallest absolute Gasteiger partial charge is 0.355 e. The van der Waals surface area contributed by atoms with Crippen LogP contribution in [0.3, 0.4) is 0 Å². The van der Waals surface area contributed by atoms with Crippen LogP contribution in [0.25, 0.3) is 0 Å². The molecule has 1 aromatic rings. The summed E-state index contributed by atoms with van der Waals surface area (Å²) in [5.74, 6) is -3.22. The molecule has 1 aromatic carbocycles. The van der Waals surface area contributed by atoms with E-state index in [1.807, 2.05) is 0 Å². The summed E-state index contributed by atoms with van der Waals surface area (Å²) < 4.78 is 5.02. The second-order valence-corrected chi connectivity index (χ2v) is 9.84. The molecule has 2 saturated heterocycles. The van der Waals surface area contributed by atoms with Crippen molar-refractivity contribution < 1.29 is 38.6 Å². The number of thioether (sulfide) groups is 1. The molecule has 2 fully saturated rings. The summed E-state index contributed by atoms with van der Waals surface area (Å²) in [5.41, 5.74) is 1.22. The molecule has 14 heteroatoms. The number of nitrogens with one attached hydrogen (secondary N) is 2. The lowest BCUT2D eigenvalue weighted by atomic mass is 10.0. The Bertz CT molecular complexity index is 1250. The van der Waals surface area contributed by atoms with E-state index in [0.717, 1.165) is 10.5 Å². The topological polar surface area (TPSA) is 166 Å².